The topological polar surface area (TPSA) is 30.2 Å². The zero-order valence-electron chi connectivity index (χ0n) is 9.14. The maximum Gasteiger partial charge on any atom is 0.185 e. The van der Waals surface area contributed by atoms with Crippen LogP contribution in [0.1, 0.15) is 10.4 Å². The quantitative estimate of drug-likeness (QED) is 0.485. The van der Waals surface area contributed by atoms with Crippen LogP contribution in [-0.4, -0.2) is 5.78 Å². The molecule has 0 aliphatic rings. The summed E-state index contributed by atoms with van der Waals surface area (Å²) in [5.41, 5.74) is 2.27. The summed E-state index contributed by atoms with van der Waals surface area (Å²) in [5.74, 6) is -0.0721. The van der Waals surface area contributed by atoms with Crippen molar-refractivity contribution < 1.29 is 9.21 Å². The second-order valence-corrected chi connectivity index (χ2v) is 3.88. The summed E-state index contributed by atoms with van der Waals surface area (Å²) in [5, 5.41) is 1.99. The number of hydrogen-bond acceptors (Lipinski definition) is 2. The first-order valence-electron chi connectivity index (χ1n) is 5.37. The van der Waals surface area contributed by atoms with Gasteiger partial charge < -0.3 is 4.42 Å². The Morgan fingerprint density at radius 2 is 1.82 bits per heavy atom. The zero-order chi connectivity index (χ0) is 11.8. The molecule has 0 N–H and O–H groups in total. The van der Waals surface area contributed by atoms with Crippen LogP contribution in [0.5, 0.6) is 0 Å². The third-order valence-corrected chi connectivity index (χ3v) is 2.85. The van der Waals surface area contributed by atoms with Crippen molar-refractivity contribution in [3.8, 4) is 0 Å². The molecule has 3 aromatic rings. The maximum atomic E-state index is 11.6. The van der Waals surface area contributed by atoms with Gasteiger partial charge in [-0.1, -0.05) is 24.8 Å². The monoisotopic (exact) mass is 222 g/mol. The molecule has 0 atom stereocenters. The summed E-state index contributed by atoms with van der Waals surface area (Å²) >= 11 is 0. The van der Waals surface area contributed by atoms with Gasteiger partial charge in [-0.05, 0) is 30.3 Å². The van der Waals surface area contributed by atoms with Gasteiger partial charge in [0.25, 0.3) is 0 Å². The number of carbonyl (C=O) groups is 1. The van der Waals surface area contributed by atoms with Gasteiger partial charge in [0.2, 0.25) is 0 Å². The van der Waals surface area contributed by atoms with Gasteiger partial charge in [0, 0.05) is 16.3 Å². The normalized spacial score (nSPS) is 10.8. The SMILES string of the molecule is C=CC(=O)c1ccc2oc3ccccc3c2c1. The van der Waals surface area contributed by atoms with Gasteiger partial charge in [-0.3, -0.25) is 4.79 Å². The number of furan rings is 1. The lowest BCUT2D eigenvalue weighted by Crippen LogP contribution is -1.91. The molecule has 0 fully saturated rings. The summed E-state index contributed by atoms with van der Waals surface area (Å²) in [6.45, 7) is 3.49. The standard InChI is InChI=1S/C15H10O2/c1-2-13(16)10-7-8-15-12(9-10)11-5-3-4-6-14(11)17-15/h2-9H,1H2. The Kier molecular flexibility index (Phi) is 2.08. The van der Waals surface area contributed by atoms with Crippen molar-refractivity contribution in [3.05, 3.63) is 60.7 Å². The van der Waals surface area contributed by atoms with Gasteiger partial charge in [-0.15, -0.1) is 0 Å². The lowest BCUT2D eigenvalue weighted by atomic mass is 10.1. The summed E-state index contributed by atoms with van der Waals surface area (Å²) in [6, 6.07) is 13.2. The molecule has 0 bridgehead atoms. The molecule has 0 aliphatic heterocycles. The lowest BCUT2D eigenvalue weighted by Gasteiger charge is -1.95. The highest BCUT2D eigenvalue weighted by atomic mass is 16.3. The van der Waals surface area contributed by atoms with E-state index >= 15 is 0 Å². The Labute approximate surface area is 98.2 Å². The molecule has 17 heavy (non-hydrogen) atoms. The Hall–Kier alpha value is -2.35. The highest BCUT2D eigenvalue weighted by Crippen LogP contribution is 2.29. The van der Waals surface area contributed by atoms with Crippen molar-refractivity contribution >= 4 is 27.7 Å². The van der Waals surface area contributed by atoms with Crippen LogP contribution < -0.4 is 0 Å². The van der Waals surface area contributed by atoms with E-state index in [1.165, 1.54) is 6.08 Å². The smallest absolute Gasteiger partial charge is 0.185 e. The van der Waals surface area contributed by atoms with Crippen molar-refractivity contribution in [1.82, 2.24) is 0 Å². The van der Waals surface area contributed by atoms with E-state index in [9.17, 15) is 4.79 Å². The number of hydrogen-bond donors (Lipinski definition) is 0. The average Bonchev–Trinajstić information content (AvgIpc) is 2.75. The van der Waals surface area contributed by atoms with Crippen LogP contribution in [0.2, 0.25) is 0 Å². The summed E-state index contributed by atoms with van der Waals surface area (Å²) < 4.78 is 5.68. The predicted octanol–water partition coefficient (Wildman–Crippen LogP) is 3.95. The van der Waals surface area contributed by atoms with Crippen LogP contribution in [0.25, 0.3) is 21.9 Å². The van der Waals surface area contributed by atoms with Crippen LogP contribution in [0.15, 0.2) is 59.5 Å². The molecular formula is C15H10O2. The maximum absolute atomic E-state index is 11.6. The van der Waals surface area contributed by atoms with Crippen LogP contribution in [-0.2, 0) is 0 Å². The van der Waals surface area contributed by atoms with Crippen molar-refractivity contribution in [2.45, 2.75) is 0 Å². The lowest BCUT2D eigenvalue weighted by molar-refractivity contribution is 0.104. The Bertz CT molecular complexity index is 735. The third-order valence-electron chi connectivity index (χ3n) is 2.85. The van der Waals surface area contributed by atoms with Gasteiger partial charge >= 0.3 is 0 Å². The second kappa shape index (κ2) is 3.59. The highest BCUT2D eigenvalue weighted by molar-refractivity contribution is 6.10. The van der Waals surface area contributed by atoms with E-state index in [1.54, 1.807) is 6.07 Å². The molecule has 1 aromatic heterocycles. The third kappa shape index (κ3) is 1.46. The minimum absolute atomic E-state index is 0.0721. The van der Waals surface area contributed by atoms with Gasteiger partial charge in [-0.25, -0.2) is 0 Å². The van der Waals surface area contributed by atoms with Crippen LogP contribution in [0.4, 0.5) is 0 Å². The highest BCUT2D eigenvalue weighted by Gasteiger charge is 2.08. The van der Waals surface area contributed by atoms with E-state index in [1.807, 2.05) is 36.4 Å². The largest absolute Gasteiger partial charge is 0.456 e. The molecule has 0 spiro atoms. The first kappa shape index (κ1) is 9.85. The fourth-order valence-corrected chi connectivity index (χ4v) is 2.00. The fourth-order valence-electron chi connectivity index (χ4n) is 2.00. The summed E-state index contributed by atoms with van der Waals surface area (Å²) in [4.78, 5) is 11.6. The van der Waals surface area contributed by atoms with Crippen LogP contribution in [0.3, 0.4) is 0 Å². The van der Waals surface area contributed by atoms with Gasteiger partial charge in [0.15, 0.2) is 5.78 Å². The van der Waals surface area contributed by atoms with Crippen molar-refractivity contribution in [1.29, 1.82) is 0 Å². The van der Waals surface area contributed by atoms with E-state index in [-0.39, 0.29) is 5.78 Å². The van der Waals surface area contributed by atoms with E-state index < -0.39 is 0 Å². The molecule has 82 valence electrons. The Morgan fingerprint density at radius 3 is 2.65 bits per heavy atom. The summed E-state index contributed by atoms with van der Waals surface area (Å²) in [7, 11) is 0. The van der Waals surface area contributed by atoms with E-state index in [0.717, 1.165) is 21.9 Å². The molecule has 3 rings (SSSR count). The average molecular weight is 222 g/mol. The number of rotatable bonds is 2. The number of fused-ring (bicyclic) bond motifs is 3. The number of ketones is 1. The number of carbonyl (C=O) groups excluding carboxylic acids is 1. The zero-order valence-corrected chi connectivity index (χ0v) is 9.14. The second-order valence-electron chi connectivity index (χ2n) is 3.88. The van der Waals surface area contributed by atoms with Crippen LogP contribution in [0, 0.1) is 0 Å². The molecule has 2 nitrogen and oxygen atoms in total. The molecular weight excluding hydrogens is 212 g/mol. The number of allylic oxidation sites excluding steroid dienone is 1. The summed E-state index contributed by atoms with van der Waals surface area (Å²) in [6.07, 6.45) is 1.32. The predicted molar refractivity (Wildman–Crippen MR) is 68.2 cm³/mol. The van der Waals surface area contributed by atoms with E-state index in [2.05, 4.69) is 6.58 Å². The molecule has 0 radical (unpaired) electrons. The Balaban J connectivity index is 2.37. The first-order valence-corrected chi connectivity index (χ1v) is 5.37. The van der Waals surface area contributed by atoms with Gasteiger partial charge in [0.05, 0.1) is 0 Å². The first-order chi connectivity index (χ1) is 8.29. The molecule has 0 saturated heterocycles. The molecule has 0 aliphatic carbocycles. The minimum atomic E-state index is -0.0721. The van der Waals surface area contributed by atoms with Gasteiger partial charge in [-0.2, -0.15) is 0 Å². The van der Waals surface area contributed by atoms with Crippen molar-refractivity contribution in [2.24, 2.45) is 0 Å². The molecule has 2 heteroatoms. The van der Waals surface area contributed by atoms with Crippen LogP contribution >= 0.6 is 0 Å². The number of benzene rings is 2. The minimum Gasteiger partial charge on any atom is -0.456 e. The Morgan fingerprint density at radius 1 is 1.06 bits per heavy atom. The molecule has 0 amide bonds. The van der Waals surface area contributed by atoms with Crippen molar-refractivity contribution in [2.75, 3.05) is 0 Å². The molecule has 2 aromatic carbocycles. The van der Waals surface area contributed by atoms with E-state index in [4.69, 9.17) is 4.42 Å². The van der Waals surface area contributed by atoms with Gasteiger partial charge in [0.1, 0.15) is 11.2 Å². The molecule has 0 unspecified atom stereocenters. The van der Waals surface area contributed by atoms with Crippen molar-refractivity contribution in [3.63, 3.8) is 0 Å². The fraction of sp³-hybridized carbons (Fsp3) is 0. The molecule has 1 heterocycles. The molecule has 0 saturated carbocycles. The van der Waals surface area contributed by atoms with E-state index in [0.29, 0.717) is 5.56 Å². The number of para-hydroxylation sites is 1.